The average molecular weight is 278 g/mol. The molecule has 0 aliphatic heterocycles. The molecule has 1 rings (SSSR count). The van der Waals surface area contributed by atoms with Crippen molar-refractivity contribution in [3.63, 3.8) is 0 Å². The van der Waals surface area contributed by atoms with Gasteiger partial charge in [-0.05, 0) is 43.4 Å². The lowest BCUT2D eigenvalue weighted by Gasteiger charge is -2.06. The number of aliphatic hydroxyl groups excluding tert-OH is 1. The van der Waals surface area contributed by atoms with Crippen LogP contribution in [-0.2, 0) is 11.2 Å². The maximum atomic E-state index is 10.3. The number of carboxylic acids is 1. The molecule has 0 spiro atoms. The Morgan fingerprint density at radius 2 is 1.80 bits per heavy atom. The molecule has 1 aromatic carbocycles. The van der Waals surface area contributed by atoms with Crippen molar-refractivity contribution in [2.24, 2.45) is 0 Å². The fourth-order valence-corrected chi connectivity index (χ4v) is 1.78. The summed E-state index contributed by atoms with van der Waals surface area (Å²) in [6.45, 7) is 0.947. The number of carboxylic acid groups (broad SMARTS) is 1. The van der Waals surface area contributed by atoms with E-state index in [1.165, 1.54) is 0 Å². The van der Waals surface area contributed by atoms with Crippen LogP contribution in [0.25, 0.3) is 0 Å². The lowest BCUT2D eigenvalue weighted by molar-refractivity contribution is -0.131. The van der Waals surface area contributed by atoms with Gasteiger partial charge in [-0.3, -0.25) is 0 Å². The number of rotatable bonds is 10. The van der Waals surface area contributed by atoms with Gasteiger partial charge >= 0.3 is 5.97 Å². The number of aliphatic carboxylic acids is 1. The van der Waals surface area contributed by atoms with Crippen molar-refractivity contribution in [2.75, 3.05) is 13.2 Å². The van der Waals surface area contributed by atoms with Crippen molar-refractivity contribution in [3.8, 4) is 5.75 Å². The third-order valence-corrected chi connectivity index (χ3v) is 2.86. The van der Waals surface area contributed by atoms with Gasteiger partial charge in [0.15, 0.2) is 0 Å². The fraction of sp³-hybridized carbons (Fsp3) is 0.438. The minimum absolute atomic E-state index is 0.263. The Balaban J connectivity index is 2.23. The SMILES string of the molecule is O=C(O)C=CCc1ccc(OCCCCCCO)cc1. The summed E-state index contributed by atoms with van der Waals surface area (Å²) in [5.74, 6) is -0.0933. The van der Waals surface area contributed by atoms with Crippen LogP contribution in [0, 0.1) is 0 Å². The van der Waals surface area contributed by atoms with Gasteiger partial charge in [0, 0.05) is 12.7 Å². The lowest BCUT2D eigenvalue weighted by Crippen LogP contribution is -1.97. The second-order valence-electron chi connectivity index (χ2n) is 4.57. The average Bonchev–Trinajstić information content (AvgIpc) is 2.44. The van der Waals surface area contributed by atoms with Crippen LogP contribution in [0.1, 0.15) is 31.2 Å². The van der Waals surface area contributed by atoms with Gasteiger partial charge in [0.1, 0.15) is 5.75 Å². The molecule has 0 heterocycles. The fourth-order valence-electron chi connectivity index (χ4n) is 1.78. The molecule has 0 fully saturated rings. The number of hydrogen-bond acceptors (Lipinski definition) is 3. The maximum Gasteiger partial charge on any atom is 0.327 e. The molecule has 0 atom stereocenters. The zero-order valence-corrected chi connectivity index (χ0v) is 11.6. The van der Waals surface area contributed by atoms with Gasteiger partial charge in [0.05, 0.1) is 6.61 Å². The summed E-state index contributed by atoms with van der Waals surface area (Å²) in [5, 5.41) is 17.1. The van der Waals surface area contributed by atoms with E-state index in [0.717, 1.165) is 43.1 Å². The minimum atomic E-state index is -0.925. The number of aliphatic hydroxyl groups is 1. The number of unbranched alkanes of at least 4 members (excludes halogenated alkanes) is 3. The molecule has 0 radical (unpaired) electrons. The van der Waals surface area contributed by atoms with Gasteiger partial charge in [-0.25, -0.2) is 4.79 Å². The van der Waals surface area contributed by atoms with Gasteiger partial charge in [0.2, 0.25) is 0 Å². The van der Waals surface area contributed by atoms with E-state index < -0.39 is 5.97 Å². The molecule has 20 heavy (non-hydrogen) atoms. The van der Waals surface area contributed by atoms with Crippen molar-refractivity contribution in [1.29, 1.82) is 0 Å². The quantitative estimate of drug-likeness (QED) is 0.510. The Bertz CT molecular complexity index is 409. The first-order valence-corrected chi connectivity index (χ1v) is 6.94. The molecule has 0 saturated heterocycles. The summed E-state index contributed by atoms with van der Waals surface area (Å²) in [6.07, 6.45) is 7.33. The van der Waals surface area contributed by atoms with E-state index in [9.17, 15) is 4.79 Å². The molecule has 0 unspecified atom stereocenters. The molecule has 4 heteroatoms. The number of allylic oxidation sites excluding steroid dienone is 1. The molecule has 0 aromatic heterocycles. The third-order valence-electron chi connectivity index (χ3n) is 2.86. The Morgan fingerprint density at radius 1 is 1.10 bits per heavy atom. The molecule has 1 aromatic rings. The van der Waals surface area contributed by atoms with Gasteiger partial charge in [-0.1, -0.05) is 24.6 Å². The van der Waals surface area contributed by atoms with Crippen LogP contribution < -0.4 is 4.74 Å². The molecule has 2 N–H and O–H groups in total. The Hall–Kier alpha value is -1.81. The van der Waals surface area contributed by atoms with Crippen LogP contribution in [0.15, 0.2) is 36.4 Å². The van der Waals surface area contributed by atoms with Gasteiger partial charge < -0.3 is 14.9 Å². The molecule has 4 nitrogen and oxygen atoms in total. The largest absolute Gasteiger partial charge is 0.494 e. The lowest BCUT2D eigenvalue weighted by atomic mass is 10.1. The smallest absolute Gasteiger partial charge is 0.327 e. The van der Waals surface area contributed by atoms with Crippen molar-refractivity contribution in [2.45, 2.75) is 32.1 Å². The second kappa shape index (κ2) is 10.0. The maximum absolute atomic E-state index is 10.3. The van der Waals surface area contributed by atoms with Crippen LogP contribution in [-0.4, -0.2) is 29.4 Å². The second-order valence-corrected chi connectivity index (χ2v) is 4.57. The molecule has 0 aliphatic rings. The van der Waals surface area contributed by atoms with Crippen LogP contribution in [0.4, 0.5) is 0 Å². The van der Waals surface area contributed by atoms with E-state index in [2.05, 4.69) is 0 Å². The van der Waals surface area contributed by atoms with Crippen LogP contribution in [0.3, 0.4) is 0 Å². The number of benzene rings is 1. The summed E-state index contributed by atoms with van der Waals surface area (Å²) in [4.78, 5) is 10.3. The van der Waals surface area contributed by atoms with Gasteiger partial charge in [-0.2, -0.15) is 0 Å². The monoisotopic (exact) mass is 278 g/mol. The molecule has 0 aliphatic carbocycles. The summed E-state index contributed by atoms with van der Waals surface area (Å²) < 4.78 is 5.61. The summed E-state index contributed by atoms with van der Waals surface area (Å²) in [6, 6.07) is 7.68. The standard InChI is InChI=1S/C16H22O4/c17-12-3-1-2-4-13-20-15-10-8-14(9-11-15)6-5-7-16(18)19/h5,7-11,17H,1-4,6,12-13H2,(H,18,19). The Kier molecular flexibility index (Phi) is 8.15. The predicted molar refractivity (Wildman–Crippen MR) is 78.0 cm³/mol. The number of hydrogen-bond donors (Lipinski definition) is 2. The Labute approximate surface area is 119 Å². The van der Waals surface area contributed by atoms with E-state index >= 15 is 0 Å². The predicted octanol–water partition coefficient (Wildman–Crippen LogP) is 2.80. The first kappa shape index (κ1) is 16.2. The van der Waals surface area contributed by atoms with Crippen molar-refractivity contribution < 1.29 is 19.7 Å². The van der Waals surface area contributed by atoms with E-state index in [0.29, 0.717) is 13.0 Å². The highest BCUT2D eigenvalue weighted by molar-refractivity contribution is 5.79. The topological polar surface area (TPSA) is 66.8 Å². The first-order valence-electron chi connectivity index (χ1n) is 6.94. The summed E-state index contributed by atoms with van der Waals surface area (Å²) in [5.41, 5.74) is 1.05. The van der Waals surface area contributed by atoms with E-state index in [1.807, 2.05) is 24.3 Å². The Morgan fingerprint density at radius 3 is 2.45 bits per heavy atom. The molecule has 0 bridgehead atoms. The molecular weight excluding hydrogens is 256 g/mol. The van der Waals surface area contributed by atoms with Gasteiger partial charge in [0.25, 0.3) is 0 Å². The number of ether oxygens (including phenoxy) is 1. The molecule has 0 saturated carbocycles. The van der Waals surface area contributed by atoms with Crippen molar-refractivity contribution in [1.82, 2.24) is 0 Å². The molecular formula is C16H22O4. The zero-order valence-electron chi connectivity index (χ0n) is 11.6. The third kappa shape index (κ3) is 7.59. The highest BCUT2D eigenvalue weighted by Gasteiger charge is 1.96. The first-order chi connectivity index (χ1) is 9.72. The number of carbonyl (C=O) groups is 1. The highest BCUT2D eigenvalue weighted by Crippen LogP contribution is 2.13. The van der Waals surface area contributed by atoms with Gasteiger partial charge in [-0.15, -0.1) is 0 Å². The van der Waals surface area contributed by atoms with Crippen molar-refractivity contribution in [3.05, 3.63) is 42.0 Å². The van der Waals surface area contributed by atoms with E-state index in [4.69, 9.17) is 14.9 Å². The van der Waals surface area contributed by atoms with E-state index in [-0.39, 0.29) is 6.61 Å². The minimum Gasteiger partial charge on any atom is -0.494 e. The van der Waals surface area contributed by atoms with Crippen LogP contribution in [0.2, 0.25) is 0 Å². The summed E-state index contributed by atoms with van der Waals surface area (Å²) in [7, 11) is 0. The molecule has 0 amide bonds. The normalized spacial score (nSPS) is 10.8. The van der Waals surface area contributed by atoms with E-state index in [1.54, 1.807) is 6.08 Å². The summed E-state index contributed by atoms with van der Waals surface area (Å²) >= 11 is 0. The highest BCUT2D eigenvalue weighted by atomic mass is 16.5. The molecule has 110 valence electrons. The van der Waals surface area contributed by atoms with Crippen LogP contribution in [0.5, 0.6) is 5.75 Å². The van der Waals surface area contributed by atoms with Crippen LogP contribution >= 0.6 is 0 Å². The zero-order chi connectivity index (χ0) is 14.6. The van der Waals surface area contributed by atoms with Crippen molar-refractivity contribution >= 4 is 5.97 Å².